The largest absolute Gasteiger partial charge is 0.497 e. The maximum Gasteiger partial charge on any atom is 0.119 e. The third-order valence-electron chi connectivity index (χ3n) is 4.61. The zero-order valence-electron chi connectivity index (χ0n) is 14.7. The van der Waals surface area contributed by atoms with Gasteiger partial charge in [-0.25, -0.2) is 0 Å². The predicted octanol–water partition coefficient (Wildman–Crippen LogP) is 4.32. The Bertz CT molecular complexity index is 876. The van der Waals surface area contributed by atoms with E-state index in [9.17, 15) is 0 Å². The molecule has 2 aromatic carbocycles. The maximum atomic E-state index is 5.28. The summed E-state index contributed by atoms with van der Waals surface area (Å²) in [6.07, 6.45) is 3.63. The molecular formula is C22H21N3O. The molecule has 0 spiro atoms. The van der Waals surface area contributed by atoms with Crippen LogP contribution < -0.4 is 9.75 Å². The fraction of sp³-hybridized carbons (Fsp3) is 0.182. The number of anilines is 1. The van der Waals surface area contributed by atoms with Crippen LogP contribution in [0.25, 0.3) is 0 Å². The number of hydrazone groups is 1. The van der Waals surface area contributed by atoms with Crippen molar-refractivity contribution < 1.29 is 4.74 Å². The second-order valence-electron chi connectivity index (χ2n) is 6.35. The van der Waals surface area contributed by atoms with Gasteiger partial charge in [0.05, 0.1) is 30.2 Å². The van der Waals surface area contributed by atoms with Crippen molar-refractivity contribution in [3.63, 3.8) is 0 Å². The Morgan fingerprint density at radius 1 is 0.962 bits per heavy atom. The molecule has 1 aliphatic rings. The number of methoxy groups -OCH3 is 1. The quantitative estimate of drug-likeness (QED) is 0.692. The number of rotatable bonds is 5. The van der Waals surface area contributed by atoms with E-state index in [2.05, 4.69) is 52.5 Å². The average Bonchev–Trinajstić information content (AvgIpc) is 3.13. The number of ether oxygens (including phenoxy) is 1. The first-order chi connectivity index (χ1) is 12.8. The standard InChI is InChI=1S/C22H21N3O/c1-26-20-12-10-18(11-13-20)25-19(15-17-7-3-2-4-8-17)16-22(24-25)21-9-5-6-14-23-21/h2-14,19H,15-16H2,1H3. The smallest absolute Gasteiger partial charge is 0.119 e. The van der Waals surface area contributed by atoms with Gasteiger partial charge in [-0.3, -0.25) is 9.99 Å². The van der Waals surface area contributed by atoms with Crippen molar-refractivity contribution in [3.8, 4) is 5.75 Å². The van der Waals surface area contributed by atoms with Gasteiger partial charge < -0.3 is 4.74 Å². The summed E-state index contributed by atoms with van der Waals surface area (Å²) in [5, 5.41) is 7.03. The minimum Gasteiger partial charge on any atom is -0.497 e. The van der Waals surface area contributed by atoms with E-state index in [1.165, 1.54) is 5.56 Å². The van der Waals surface area contributed by atoms with Crippen LogP contribution in [-0.2, 0) is 6.42 Å². The van der Waals surface area contributed by atoms with Crippen molar-refractivity contribution >= 4 is 11.4 Å². The number of benzene rings is 2. The maximum absolute atomic E-state index is 5.28. The molecule has 4 nitrogen and oxygen atoms in total. The molecule has 1 aromatic heterocycles. The topological polar surface area (TPSA) is 37.7 Å². The third kappa shape index (κ3) is 3.45. The molecular weight excluding hydrogens is 322 g/mol. The van der Waals surface area contributed by atoms with Gasteiger partial charge >= 0.3 is 0 Å². The predicted molar refractivity (Wildman–Crippen MR) is 105 cm³/mol. The SMILES string of the molecule is COc1ccc(N2N=C(c3ccccn3)CC2Cc2ccccc2)cc1. The summed E-state index contributed by atoms with van der Waals surface area (Å²) in [5.74, 6) is 0.849. The number of hydrogen-bond acceptors (Lipinski definition) is 4. The van der Waals surface area contributed by atoms with Crippen molar-refractivity contribution in [1.82, 2.24) is 4.98 Å². The van der Waals surface area contributed by atoms with Crippen molar-refractivity contribution in [2.24, 2.45) is 5.10 Å². The van der Waals surface area contributed by atoms with Gasteiger partial charge in [-0.05, 0) is 48.4 Å². The zero-order chi connectivity index (χ0) is 17.8. The van der Waals surface area contributed by atoms with Gasteiger partial charge in [-0.2, -0.15) is 5.10 Å². The van der Waals surface area contributed by atoms with Crippen LogP contribution in [0.4, 0.5) is 5.69 Å². The molecule has 0 amide bonds. The van der Waals surface area contributed by atoms with E-state index in [1.807, 2.05) is 36.5 Å². The number of pyridine rings is 1. The van der Waals surface area contributed by atoms with Crippen molar-refractivity contribution in [2.75, 3.05) is 12.1 Å². The summed E-state index contributed by atoms with van der Waals surface area (Å²) in [6.45, 7) is 0. The van der Waals surface area contributed by atoms with E-state index in [0.717, 1.165) is 35.7 Å². The van der Waals surface area contributed by atoms with Crippen LogP contribution in [-0.4, -0.2) is 23.8 Å². The first kappa shape index (κ1) is 16.3. The summed E-state index contributed by atoms with van der Waals surface area (Å²) < 4.78 is 5.28. The summed E-state index contributed by atoms with van der Waals surface area (Å²) in [6, 6.07) is 24.9. The Morgan fingerprint density at radius 3 is 2.42 bits per heavy atom. The summed E-state index contributed by atoms with van der Waals surface area (Å²) in [5.41, 5.74) is 4.36. The van der Waals surface area contributed by atoms with E-state index in [0.29, 0.717) is 0 Å². The highest BCUT2D eigenvalue weighted by molar-refractivity contribution is 6.01. The van der Waals surface area contributed by atoms with Crippen LogP contribution in [0.5, 0.6) is 5.75 Å². The highest BCUT2D eigenvalue weighted by Gasteiger charge is 2.29. The molecule has 1 aliphatic heterocycles. The second-order valence-corrected chi connectivity index (χ2v) is 6.35. The molecule has 1 unspecified atom stereocenters. The summed E-state index contributed by atoms with van der Waals surface area (Å²) in [7, 11) is 1.68. The Hall–Kier alpha value is -3.14. The molecule has 0 N–H and O–H groups in total. The Morgan fingerprint density at radius 2 is 1.73 bits per heavy atom. The Balaban J connectivity index is 1.65. The van der Waals surface area contributed by atoms with Crippen LogP contribution in [0.3, 0.4) is 0 Å². The molecule has 0 aliphatic carbocycles. The average molecular weight is 343 g/mol. The normalized spacial score (nSPS) is 16.4. The van der Waals surface area contributed by atoms with Crippen molar-refractivity contribution in [1.29, 1.82) is 0 Å². The molecule has 0 fully saturated rings. The lowest BCUT2D eigenvalue weighted by molar-refractivity contribution is 0.415. The number of hydrogen-bond donors (Lipinski definition) is 0. The van der Waals surface area contributed by atoms with Crippen molar-refractivity contribution in [3.05, 3.63) is 90.3 Å². The zero-order valence-corrected chi connectivity index (χ0v) is 14.7. The third-order valence-corrected chi connectivity index (χ3v) is 4.61. The lowest BCUT2D eigenvalue weighted by Gasteiger charge is -2.24. The van der Waals surface area contributed by atoms with Crippen LogP contribution in [0.15, 0.2) is 84.1 Å². The van der Waals surface area contributed by atoms with E-state index in [1.54, 1.807) is 7.11 Å². The van der Waals surface area contributed by atoms with Gasteiger partial charge in [0.1, 0.15) is 5.75 Å². The van der Waals surface area contributed by atoms with Gasteiger partial charge in [0.15, 0.2) is 0 Å². The first-order valence-corrected chi connectivity index (χ1v) is 8.79. The van der Waals surface area contributed by atoms with Gasteiger partial charge in [0.2, 0.25) is 0 Å². The van der Waals surface area contributed by atoms with E-state index >= 15 is 0 Å². The molecule has 0 saturated heterocycles. The minimum atomic E-state index is 0.266. The monoisotopic (exact) mass is 343 g/mol. The highest BCUT2D eigenvalue weighted by atomic mass is 16.5. The number of nitrogens with zero attached hydrogens (tertiary/aromatic N) is 3. The molecule has 26 heavy (non-hydrogen) atoms. The Kier molecular flexibility index (Phi) is 4.65. The molecule has 130 valence electrons. The van der Waals surface area contributed by atoms with Crippen LogP contribution in [0.1, 0.15) is 17.7 Å². The van der Waals surface area contributed by atoms with Crippen LogP contribution >= 0.6 is 0 Å². The molecule has 4 rings (SSSR count). The lowest BCUT2D eigenvalue weighted by Crippen LogP contribution is -2.28. The van der Waals surface area contributed by atoms with E-state index < -0.39 is 0 Å². The lowest BCUT2D eigenvalue weighted by atomic mass is 10.00. The van der Waals surface area contributed by atoms with Crippen LogP contribution in [0, 0.1) is 0 Å². The summed E-state index contributed by atoms with van der Waals surface area (Å²) in [4.78, 5) is 4.48. The first-order valence-electron chi connectivity index (χ1n) is 8.79. The fourth-order valence-electron chi connectivity index (χ4n) is 3.30. The van der Waals surface area contributed by atoms with E-state index in [-0.39, 0.29) is 6.04 Å². The molecule has 2 heterocycles. The van der Waals surface area contributed by atoms with Gasteiger partial charge in [0.25, 0.3) is 0 Å². The van der Waals surface area contributed by atoms with E-state index in [4.69, 9.17) is 9.84 Å². The summed E-state index contributed by atoms with van der Waals surface area (Å²) >= 11 is 0. The molecule has 0 bridgehead atoms. The van der Waals surface area contributed by atoms with Crippen molar-refractivity contribution in [2.45, 2.75) is 18.9 Å². The molecule has 4 heteroatoms. The molecule has 0 radical (unpaired) electrons. The Labute approximate surface area is 153 Å². The molecule has 1 atom stereocenters. The highest BCUT2D eigenvalue weighted by Crippen LogP contribution is 2.29. The minimum absolute atomic E-state index is 0.266. The van der Waals surface area contributed by atoms with Gasteiger partial charge in [0, 0.05) is 12.6 Å². The second kappa shape index (κ2) is 7.40. The van der Waals surface area contributed by atoms with Gasteiger partial charge in [-0.15, -0.1) is 0 Å². The molecule has 0 saturated carbocycles. The number of aromatic nitrogens is 1. The molecule has 3 aromatic rings. The van der Waals surface area contributed by atoms with Crippen LogP contribution in [0.2, 0.25) is 0 Å². The fourth-order valence-corrected chi connectivity index (χ4v) is 3.30. The van der Waals surface area contributed by atoms with Gasteiger partial charge in [-0.1, -0.05) is 36.4 Å².